The van der Waals surface area contributed by atoms with Crippen molar-refractivity contribution >= 4 is 0 Å². The zero-order valence-electron chi connectivity index (χ0n) is 12.3. The summed E-state index contributed by atoms with van der Waals surface area (Å²) in [6.45, 7) is 3.71. The van der Waals surface area contributed by atoms with E-state index in [1.54, 1.807) is 7.11 Å². The minimum atomic E-state index is 0.0257. The van der Waals surface area contributed by atoms with Crippen molar-refractivity contribution in [2.24, 2.45) is 0 Å². The molecule has 110 valence electrons. The molecule has 21 heavy (non-hydrogen) atoms. The van der Waals surface area contributed by atoms with Gasteiger partial charge in [-0.15, -0.1) is 0 Å². The molecule has 0 amide bonds. The number of methoxy groups -OCH3 is 1. The third-order valence-corrected chi connectivity index (χ3v) is 3.62. The average Bonchev–Trinajstić information content (AvgIpc) is 3.00. The quantitative estimate of drug-likeness (QED) is 0.912. The van der Waals surface area contributed by atoms with Crippen molar-refractivity contribution < 1.29 is 9.47 Å². The minimum Gasteiger partial charge on any atom is -0.493 e. The lowest BCUT2D eigenvalue weighted by Crippen LogP contribution is -2.23. The maximum absolute atomic E-state index is 5.57. The third-order valence-electron chi connectivity index (χ3n) is 3.62. The van der Waals surface area contributed by atoms with Crippen LogP contribution in [0.1, 0.15) is 29.8 Å². The summed E-state index contributed by atoms with van der Waals surface area (Å²) in [6, 6.07) is 8.23. The molecule has 0 saturated carbocycles. The van der Waals surface area contributed by atoms with Gasteiger partial charge in [0.15, 0.2) is 0 Å². The number of nitrogens with zero attached hydrogens (tertiary/aromatic N) is 2. The Morgan fingerprint density at radius 3 is 3.05 bits per heavy atom. The van der Waals surface area contributed by atoms with Crippen LogP contribution in [0.4, 0.5) is 0 Å². The summed E-state index contributed by atoms with van der Waals surface area (Å²) >= 11 is 0. The summed E-state index contributed by atoms with van der Waals surface area (Å²) in [5.41, 5.74) is 3.35. The zero-order valence-corrected chi connectivity index (χ0v) is 12.3. The summed E-state index contributed by atoms with van der Waals surface area (Å²) in [6.07, 6.45) is 2.50. The monoisotopic (exact) mass is 285 g/mol. The number of fused-ring (bicyclic) bond motifs is 1. The molecule has 1 aliphatic rings. The lowest BCUT2D eigenvalue weighted by atomic mass is 10.00. The standard InChI is InChI=1S/C16H19N3O2/c1-3-17-16(13-9-15(20-2)19-10-18-13)12-4-5-14-11(8-12)6-7-21-14/h4-5,8-10,16-17H,3,6-7H2,1-2H3. The van der Waals surface area contributed by atoms with Gasteiger partial charge in [0.2, 0.25) is 5.88 Å². The molecule has 2 aromatic rings. The second-order valence-corrected chi connectivity index (χ2v) is 4.94. The fraction of sp³-hybridized carbons (Fsp3) is 0.375. The summed E-state index contributed by atoms with van der Waals surface area (Å²) in [4.78, 5) is 8.46. The van der Waals surface area contributed by atoms with Gasteiger partial charge >= 0.3 is 0 Å². The minimum absolute atomic E-state index is 0.0257. The van der Waals surface area contributed by atoms with Crippen LogP contribution >= 0.6 is 0 Å². The van der Waals surface area contributed by atoms with E-state index in [9.17, 15) is 0 Å². The maximum Gasteiger partial charge on any atom is 0.216 e. The van der Waals surface area contributed by atoms with Crippen molar-refractivity contribution in [3.63, 3.8) is 0 Å². The Balaban J connectivity index is 1.97. The van der Waals surface area contributed by atoms with E-state index in [2.05, 4.69) is 34.3 Å². The largest absolute Gasteiger partial charge is 0.493 e. The molecule has 1 atom stereocenters. The molecular formula is C16H19N3O2. The number of rotatable bonds is 5. The molecule has 2 heterocycles. The van der Waals surface area contributed by atoms with Crippen molar-refractivity contribution in [2.45, 2.75) is 19.4 Å². The lowest BCUT2D eigenvalue weighted by molar-refractivity contribution is 0.356. The molecule has 0 saturated heterocycles. The van der Waals surface area contributed by atoms with Gasteiger partial charge in [-0.3, -0.25) is 0 Å². The van der Waals surface area contributed by atoms with Crippen LogP contribution < -0.4 is 14.8 Å². The van der Waals surface area contributed by atoms with Gasteiger partial charge in [-0.2, -0.15) is 0 Å². The van der Waals surface area contributed by atoms with Gasteiger partial charge in [-0.05, 0) is 23.7 Å². The summed E-state index contributed by atoms with van der Waals surface area (Å²) in [7, 11) is 1.61. The molecule has 0 radical (unpaired) electrons. The Morgan fingerprint density at radius 2 is 2.24 bits per heavy atom. The first-order valence-corrected chi connectivity index (χ1v) is 7.16. The van der Waals surface area contributed by atoms with Crippen LogP contribution in [0.15, 0.2) is 30.6 Å². The molecule has 1 N–H and O–H groups in total. The van der Waals surface area contributed by atoms with Crippen molar-refractivity contribution in [3.05, 3.63) is 47.4 Å². The highest BCUT2D eigenvalue weighted by atomic mass is 16.5. The second-order valence-electron chi connectivity index (χ2n) is 4.94. The first-order valence-electron chi connectivity index (χ1n) is 7.16. The Kier molecular flexibility index (Phi) is 4.01. The molecule has 0 fully saturated rings. The molecule has 0 aliphatic carbocycles. The van der Waals surface area contributed by atoms with Gasteiger partial charge < -0.3 is 14.8 Å². The normalized spacial score (nSPS) is 14.4. The molecule has 0 spiro atoms. The molecule has 5 nitrogen and oxygen atoms in total. The topological polar surface area (TPSA) is 56.3 Å². The second kappa shape index (κ2) is 6.10. The highest BCUT2D eigenvalue weighted by molar-refractivity contribution is 5.42. The van der Waals surface area contributed by atoms with Crippen LogP contribution in [0.2, 0.25) is 0 Å². The van der Waals surface area contributed by atoms with Crippen molar-refractivity contribution in [3.8, 4) is 11.6 Å². The van der Waals surface area contributed by atoms with Gasteiger partial charge in [0.1, 0.15) is 12.1 Å². The SMILES string of the molecule is CCNC(c1ccc2c(c1)CCO2)c1cc(OC)ncn1. The third kappa shape index (κ3) is 2.83. The smallest absolute Gasteiger partial charge is 0.216 e. The van der Waals surface area contributed by atoms with E-state index >= 15 is 0 Å². The predicted octanol–water partition coefficient (Wildman–Crippen LogP) is 2.12. The molecule has 0 bridgehead atoms. The van der Waals surface area contributed by atoms with Gasteiger partial charge in [-0.1, -0.05) is 19.1 Å². The predicted molar refractivity (Wildman–Crippen MR) is 79.7 cm³/mol. The zero-order chi connectivity index (χ0) is 14.7. The number of aromatic nitrogens is 2. The Morgan fingerprint density at radius 1 is 1.33 bits per heavy atom. The molecule has 1 unspecified atom stereocenters. The van der Waals surface area contributed by atoms with E-state index in [1.807, 2.05) is 12.1 Å². The van der Waals surface area contributed by atoms with E-state index in [1.165, 1.54) is 17.5 Å². The van der Waals surface area contributed by atoms with E-state index < -0.39 is 0 Å². The van der Waals surface area contributed by atoms with Gasteiger partial charge in [0, 0.05) is 12.5 Å². The first kappa shape index (κ1) is 13.8. The van der Waals surface area contributed by atoms with Gasteiger partial charge in [0.05, 0.1) is 25.5 Å². The van der Waals surface area contributed by atoms with Crippen molar-refractivity contribution in [1.82, 2.24) is 15.3 Å². The highest BCUT2D eigenvalue weighted by Gasteiger charge is 2.19. The van der Waals surface area contributed by atoms with Gasteiger partial charge in [0.25, 0.3) is 0 Å². The highest BCUT2D eigenvalue weighted by Crippen LogP contribution is 2.30. The van der Waals surface area contributed by atoms with Gasteiger partial charge in [-0.25, -0.2) is 9.97 Å². The average molecular weight is 285 g/mol. The Bertz CT molecular complexity index is 631. The molecule has 1 aromatic heterocycles. The lowest BCUT2D eigenvalue weighted by Gasteiger charge is -2.18. The Labute approximate surface area is 124 Å². The molecular weight excluding hydrogens is 266 g/mol. The van der Waals surface area contributed by atoms with Crippen LogP contribution in [0.3, 0.4) is 0 Å². The van der Waals surface area contributed by atoms with Crippen molar-refractivity contribution in [1.29, 1.82) is 0 Å². The summed E-state index contributed by atoms with van der Waals surface area (Å²) in [5, 5.41) is 3.47. The first-order chi connectivity index (χ1) is 10.3. The fourth-order valence-corrected chi connectivity index (χ4v) is 2.61. The number of hydrogen-bond donors (Lipinski definition) is 1. The molecule has 1 aromatic carbocycles. The number of hydrogen-bond acceptors (Lipinski definition) is 5. The Hall–Kier alpha value is -2.14. The fourth-order valence-electron chi connectivity index (χ4n) is 2.61. The maximum atomic E-state index is 5.57. The van der Waals surface area contributed by atoms with Crippen LogP contribution in [-0.4, -0.2) is 30.2 Å². The van der Waals surface area contributed by atoms with E-state index in [-0.39, 0.29) is 6.04 Å². The molecule has 5 heteroatoms. The molecule has 1 aliphatic heterocycles. The molecule has 3 rings (SSSR count). The van der Waals surface area contributed by atoms with E-state index in [4.69, 9.17) is 9.47 Å². The number of benzene rings is 1. The van der Waals surface area contributed by atoms with Crippen LogP contribution in [0, 0.1) is 0 Å². The summed E-state index contributed by atoms with van der Waals surface area (Å²) in [5.74, 6) is 1.57. The van der Waals surface area contributed by atoms with Crippen LogP contribution in [-0.2, 0) is 6.42 Å². The van der Waals surface area contributed by atoms with E-state index in [0.717, 1.165) is 31.0 Å². The van der Waals surface area contributed by atoms with Crippen LogP contribution in [0.25, 0.3) is 0 Å². The summed E-state index contributed by atoms with van der Waals surface area (Å²) < 4.78 is 10.8. The number of nitrogens with one attached hydrogen (secondary N) is 1. The number of ether oxygens (including phenoxy) is 2. The van der Waals surface area contributed by atoms with Crippen molar-refractivity contribution in [2.75, 3.05) is 20.3 Å². The van der Waals surface area contributed by atoms with E-state index in [0.29, 0.717) is 5.88 Å². The van der Waals surface area contributed by atoms with Crippen LogP contribution in [0.5, 0.6) is 11.6 Å².